The van der Waals surface area contributed by atoms with Crippen molar-refractivity contribution in [2.45, 2.75) is 39.2 Å². The van der Waals surface area contributed by atoms with Crippen molar-refractivity contribution in [1.82, 2.24) is 14.9 Å². The molecule has 0 saturated carbocycles. The van der Waals surface area contributed by atoms with Gasteiger partial charge in [-0.15, -0.1) is 0 Å². The van der Waals surface area contributed by atoms with Crippen LogP contribution in [0.25, 0.3) is 11.0 Å². The Labute approximate surface area is 205 Å². The maximum absolute atomic E-state index is 12.4. The lowest BCUT2D eigenvalue weighted by molar-refractivity contribution is 0.0953. The lowest BCUT2D eigenvalue weighted by Gasteiger charge is -2.11. The summed E-state index contributed by atoms with van der Waals surface area (Å²) in [5, 5.41) is 3.43. The number of carbonyl (C=O) groups is 1. The first-order valence-corrected chi connectivity index (χ1v) is 12.2. The summed E-state index contributed by atoms with van der Waals surface area (Å²) < 4.78 is 8.17. The highest BCUT2D eigenvalue weighted by Gasteiger charge is 2.12. The summed E-state index contributed by atoms with van der Waals surface area (Å²) in [4.78, 5) is 17.2. The largest absolute Gasteiger partial charge is 0.494 e. The van der Waals surface area contributed by atoms with Gasteiger partial charge in [-0.25, -0.2) is 4.98 Å². The number of hydrogen-bond donors (Lipinski definition) is 1. The van der Waals surface area contributed by atoms with Crippen molar-refractivity contribution in [3.8, 4) is 5.75 Å². The topological polar surface area (TPSA) is 56.1 Å². The second-order valence-corrected chi connectivity index (χ2v) is 8.78. The number of nitrogens with one attached hydrogen (secondary N) is 1. The van der Waals surface area contributed by atoms with Gasteiger partial charge >= 0.3 is 0 Å². The third-order valence-corrected chi connectivity index (χ3v) is 6.11. The highest BCUT2D eigenvalue weighted by Crippen LogP contribution is 2.19. The zero-order chi connectivity index (χ0) is 23.8. The number of imidazole rings is 1. The fraction of sp³-hybridized carbons (Fsp3) is 0.286. The highest BCUT2D eigenvalue weighted by molar-refractivity contribution is 6.33. The standard InChI is InChI=1S/C28H30ClN3O2/c1-21-14-16-22(17-15-21)34-20-7-6-19-32-26-12-5-4-11-25(26)31-27(32)13-8-18-30-28(33)23-9-2-3-10-24(23)29/h2-5,9-12,14-17H,6-8,13,18-20H2,1H3,(H,30,33). The number of unbranched alkanes of at least 4 members (excludes halogenated alkanes) is 1. The summed E-state index contributed by atoms with van der Waals surface area (Å²) in [5.41, 5.74) is 3.89. The molecule has 1 aromatic heterocycles. The molecule has 0 radical (unpaired) electrons. The monoisotopic (exact) mass is 475 g/mol. The summed E-state index contributed by atoms with van der Waals surface area (Å²) in [6.07, 6.45) is 3.56. The van der Waals surface area contributed by atoms with Crippen LogP contribution in [-0.4, -0.2) is 28.6 Å². The first kappa shape index (κ1) is 23.8. The van der Waals surface area contributed by atoms with E-state index in [9.17, 15) is 4.79 Å². The zero-order valence-corrected chi connectivity index (χ0v) is 20.2. The Hall–Kier alpha value is -3.31. The van der Waals surface area contributed by atoms with Crippen LogP contribution in [0.5, 0.6) is 5.75 Å². The van der Waals surface area contributed by atoms with Crippen LogP contribution >= 0.6 is 11.6 Å². The molecule has 1 amide bonds. The molecule has 4 aromatic rings. The van der Waals surface area contributed by atoms with Gasteiger partial charge in [-0.2, -0.15) is 0 Å². The van der Waals surface area contributed by atoms with Gasteiger partial charge in [0.05, 0.1) is 28.2 Å². The van der Waals surface area contributed by atoms with E-state index in [1.54, 1.807) is 12.1 Å². The third-order valence-electron chi connectivity index (χ3n) is 5.78. The van der Waals surface area contributed by atoms with Crippen LogP contribution in [0.4, 0.5) is 0 Å². The van der Waals surface area contributed by atoms with Gasteiger partial charge in [0.15, 0.2) is 0 Å². The number of carbonyl (C=O) groups excluding carboxylic acids is 1. The summed E-state index contributed by atoms with van der Waals surface area (Å²) >= 11 is 6.12. The minimum Gasteiger partial charge on any atom is -0.494 e. The zero-order valence-electron chi connectivity index (χ0n) is 19.5. The highest BCUT2D eigenvalue weighted by atomic mass is 35.5. The smallest absolute Gasteiger partial charge is 0.252 e. The molecular weight excluding hydrogens is 446 g/mol. The second-order valence-electron chi connectivity index (χ2n) is 8.38. The minimum atomic E-state index is -0.146. The average Bonchev–Trinajstić information content (AvgIpc) is 3.20. The van der Waals surface area contributed by atoms with E-state index in [4.69, 9.17) is 21.3 Å². The van der Waals surface area contributed by atoms with E-state index in [1.165, 1.54) is 5.56 Å². The van der Waals surface area contributed by atoms with Crippen LogP contribution < -0.4 is 10.1 Å². The van der Waals surface area contributed by atoms with E-state index in [0.29, 0.717) is 23.7 Å². The molecule has 3 aromatic carbocycles. The number of nitrogens with zero attached hydrogens (tertiary/aromatic N) is 2. The Bertz CT molecular complexity index is 1230. The van der Waals surface area contributed by atoms with Crippen LogP contribution in [0.3, 0.4) is 0 Å². The number of hydrogen-bond acceptors (Lipinski definition) is 3. The Balaban J connectivity index is 1.29. The number of aryl methyl sites for hydroxylation is 3. The van der Waals surface area contributed by atoms with Crippen molar-refractivity contribution in [2.24, 2.45) is 0 Å². The molecule has 0 aliphatic heterocycles. The van der Waals surface area contributed by atoms with E-state index in [2.05, 4.69) is 47.1 Å². The van der Waals surface area contributed by atoms with Gasteiger partial charge in [-0.1, -0.05) is 53.6 Å². The van der Waals surface area contributed by atoms with Gasteiger partial charge in [0.1, 0.15) is 11.6 Å². The molecule has 1 N–H and O–H groups in total. The van der Waals surface area contributed by atoms with Crippen molar-refractivity contribution in [3.63, 3.8) is 0 Å². The molecule has 0 saturated heterocycles. The fourth-order valence-corrected chi connectivity index (χ4v) is 4.17. The van der Waals surface area contributed by atoms with Crippen LogP contribution in [0.15, 0.2) is 72.8 Å². The SMILES string of the molecule is Cc1ccc(OCCCCn2c(CCCNC(=O)c3ccccc3Cl)nc3ccccc32)cc1. The Morgan fingerprint density at radius 1 is 0.971 bits per heavy atom. The Kier molecular flexibility index (Phi) is 8.21. The molecule has 0 aliphatic rings. The number of para-hydroxylation sites is 2. The van der Waals surface area contributed by atoms with E-state index in [0.717, 1.165) is 54.8 Å². The summed E-state index contributed by atoms with van der Waals surface area (Å²) in [7, 11) is 0. The summed E-state index contributed by atoms with van der Waals surface area (Å²) in [6, 6.07) is 23.5. The number of halogens is 1. The first-order chi connectivity index (χ1) is 16.6. The Morgan fingerprint density at radius 3 is 2.56 bits per heavy atom. The van der Waals surface area contributed by atoms with E-state index < -0.39 is 0 Å². The minimum absolute atomic E-state index is 0.146. The number of amides is 1. The molecule has 5 nitrogen and oxygen atoms in total. The molecule has 0 fully saturated rings. The van der Waals surface area contributed by atoms with Crippen molar-refractivity contribution in [1.29, 1.82) is 0 Å². The number of fused-ring (bicyclic) bond motifs is 1. The summed E-state index contributed by atoms with van der Waals surface area (Å²) in [5.74, 6) is 1.82. The molecule has 0 atom stereocenters. The number of benzene rings is 3. The molecule has 34 heavy (non-hydrogen) atoms. The molecule has 6 heteroatoms. The van der Waals surface area contributed by atoms with Crippen molar-refractivity contribution >= 4 is 28.5 Å². The van der Waals surface area contributed by atoms with Crippen LogP contribution in [0.1, 0.15) is 41.0 Å². The van der Waals surface area contributed by atoms with E-state index in [-0.39, 0.29) is 5.91 Å². The molecular formula is C28H30ClN3O2. The Morgan fingerprint density at radius 2 is 1.74 bits per heavy atom. The van der Waals surface area contributed by atoms with E-state index >= 15 is 0 Å². The van der Waals surface area contributed by atoms with Gasteiger partial charge < -0.3 is 14.6 Å². The molecule has 0 aliphatic carbocycles. The quantitative estimate of drug-likeness (QED) is 0.262. The molecule has 4 rings (SSSR count). The lowest BCUT2D eigenvalue weighted by Crippen LogP contribution is -2.25. The summed E-state index contributed by atoms with van der Waals surface area (Å²) in [6.45, 7) is 4.22. The lowest BCUT2D eigenvalue weighted by atomic mass is 10.2. The normalized spacial score (nSPS) is 11.0. The van der Waals surface area contributed by atoms with Crippen LogP contribution in [0.2, 0.25) is 5.02 Å². The van der Waals surface area contributed by atoms with Gasteiger partial charge in [-0.3, -0.25) is 4.79 Å². The average molecular weight is 476 g/mol. The molecule has 176 valence electrons. The van der Waals surface area contributed by atoms with Gasteiger partial charge in [0.25, 0.3) is 5.91 Å². The van der Waals surface area contributed by atoms with Gasteiger partial charge in [-0.05, 0) is 62.6 Å². The van der Waals surface area contributed by atoms with Gasteiger partial charge in [0.2, 0.25) is 0 Å². The van der Waals surface area contributed by atoms with E-state index in [1.807, 2.05) is 30.3 Å². The number of aromatic nitrogens is 2. The maximum Gasteiger partial charge on any atom is 0.252 e. The van der Waals surface area contributed by atoms with Crippen molar-refractivity contribution in [3.05, 3.63) is 94.8 Å². The van der Waals surface area contributed by atoms with Gasteiger partial charge in [0, 0.05) is 19.5 Å². The molecule has 1 heterocycles. The number of ether oxygens (including phenoxy) is 1. The third kappa shape index (κ3) is 6.17. The molecule has 0 bridgehead atoms. The van der Waals surface area contributed by atoms with Crippen LogP contribution in [-0.2, 0) is 13.0 Å². The van der Waals surface area contributed by atoms with Crippen LogP contribution in [0, 0.1) is 6.92 Å². The fourth-order valence-electron chi connectivity index (χ4n) is 3.95. The maximum atomic E-state index is 12.4. The second kappa shape index (κ2) is 11.7. The predicted molar refractivity (Wildman–Crippen MR) is 138 cm³/mol. The number of rotatable bonds is 11. The molecule has 0 spiro atoms. The van der Waals surface area contributed by atoms with Crippen molar-refractivity contribution < 1.29 is 9.53 Å². The molecule has 0 unspecified atom stereocenters. The first-order valence-electron chi connectivity index (χ1n) is 11.8. The van der Waals surface area contributed by atoms with Crippen molar-refractivity contribution in [2.75, 3.05) is 13.2 Å². The predicted octanol–water partition coefficient (Wildman–Crippen LogP) is 6.22.